The molecule has 0 fully saturated rings. The van der Waals surface area contributed by atoms with Crippen LogP contribution in [0, 0.1) is 0 Å². The van der Waals surface area contributed by atoms with E-state index in [-0.39, 0.29) is 0 Å². The zero-order chi connectivity index (χ0) is 10.6. The number of methoxy groups -OCH3 is 1. The highest BCUT2D eigenvalue weighted by atomic mass is 16.5. The molecule has 0 amide bonds. The van der Waals surface area contributed by atoms with Gasteiger partial charge >= 0.3 is 5.97 Å². The summed E-state index contributed by atoms with van der Waals surface area (Å²) in [7, 11) is 1.29. The van der Waals surface area contributed by atoms with Crippen LogP contribution in [-0.4, -0.2) is 19.4 Å². The van der Waals surface area contributed by atoms with Crippen LogP contribution in [0.4, 0.5) is 0 Å². The van der Waals surface area contributed by atoms with E-state index in [0.717, 1.165) is 0 Å². The molecule has 0 aliphatic heterocycles. The normalized spacial score (nSPS) is 9.21. The Morgan fingerprint density at radius 2 is 2.21 bits per heavy atom. The third-order valence-corrected chi connectivity index (χ3v) is 1.84. The summed E-state index contributed by atoms with van der Waals surface area (Å²) >= 11 is 0. The minimum Gasteiger partial charge on any atom is -0.465 e. The average molecular weight is 190 g/mol. The van der Waals surface area contributed by atoms with Crippen LogP contribution in [0.5, 0.6) is 0 Å². The van der Waals surface area contributed by atoms with E-state index in [1.165, 1.54) is 13.2 Å². The molecule has 1 aromatic carbocycles. The first-order chi connectivity index (χ1) is 6.72. The van der Waals surface area contributed by atoms with Crippen molar-refractivity contribution in [3.05, 3.63) is 41.5 Å². The third kappa shape index (κ3) is 1.88. The van der Waals surface area contributed by atoms with Crippen molar-refractivity contribution in [3.63, 3.8) is 0 Å². The molecule has 0 aromatic heterocycles. The van der Waals surface area contributed by atoms with Crippen LogP contribution in [-0.2, 0) is 4.74 Å². The van der Waals surface area contributed by atoms with Crippen molar-refractivity contribution < 1.29 is 14.3 Å². The molecular formula is C11H10O3. The number of esters is 1. The van der Waals surface area contributed by atoms with Crippen molar-refractivity contribution >= 4 is 18.3 Å². The van der Waals surface area contributed by atoms with Crippen LogP contribution in [0.3, 0.4) is 0 Å². The van der Waals surface area contributed by atoms with Crippen molar-refractivity contribution in [2.75, 3.05) is 7.11 Å². The third-order valence-electron chi connectivity index (χ3n) is 1.84. The van der Waals surface area contributed by atoms with Gasteiger partial charge in [0, 0.05) is 5.56 Å². The van der Waals surface area contributed by atoms with Gasteiger partial charge in [-0.2, -0.15) is 0 Å². The van der Waals surface area contributed by atoms with Gasteiger partial charge in [-0.3, -0.25) is 4.79 Å². The van der Waals surface area contributed by atoms with Gasteiger partial charge in [0.15, 0.2) is 0 Å². The van der Waals surface area contributed by atoms with Gasteiger partial charge in [0.05, 0.1) is 12.7 Å². The maximum atomic E-state index is 11.3. The maximum absolute atomic E-state index is 11.3. The molecule has 3 nitrogen and oxygen atoms in total. The molecule has 72 valence electrons. The largest absolute Gasteiger partial charge is 0.465 e. The molecule has 0 aliphatic rings. The van der Waals surface area contributed by atoms with E-state index in [4.69, 9.17) is 0 Å². The number of hydrogen-bond acceptors (Lipinski definition) is 3. The minimum absolute atomic E-state index is 0.354. The molecule has 0 saturated heterocycles. The average Bonchev–Trinajstić information content (AvgIpc) is 2.27. The predicted molar refractivity (Wildman–Crippen MR) is 53.3 cm³/mol. The molecule has 14 heavy (non-hydrogen) atoms. The molecule has 0 radical (unpaired) electrons. The fourth-order valence-corrected chi connectivity index (χ4v) is 1.11. The summed E-state index contributed by atoms with van der Waals surface area (Å²) in [5.41, 5.74) is 1.45. The number of rotatable bonds is 3. The van der Waals surface area contributed by atoms with Crippen LogP contribution in [0.25, 0.3) is 6.08 Å². The number of ether oxygens (including phenoxy) is 1. The van der Waals surface area contributed by atoms with Gasteiger partial charge in [0.25, 0.3) is 0 Å². The second-order valence-electron chi connectivity index (χ2n) is 2.66. The number of benzene rings is 1. The molecule has 0 atom stereocenters. The molecule has 0 bridgehead atoms. The molecule has 0 saturated carbocycles. The summed E-state index contributed by atoms with van der Waals surface area (Å²) in [6.07, 6.45) is 2.22. The van der Waals surface area contributed by atoms with Crippen molar-refractivity contribution in [2.24, 2.45) is 0 Å². The highest BCUT2D eigenvalue weighted by Gasteiger charge is 2.10. The molecule has 3 heteroatoms. The lowest BCUT2D eigenvalue weighted by Gasteiger charge is -2.03. The van der Waals surface area contributed by atoms with Gasteiger partial charge in [-0.15, -0.1) is 0 Å². The Bertz CT molecular complexity index is 380. The quantitative estimate of drug-likeness (QED) is 0.540. The lowest BCUT2D eigenvalue weighted by Crippen LogP contribution is -2.04. The Hall–Kier alpha value is -1.90. The summed E-state index contributed by atoms with van der Waals surface area (Å²) in [4.78, 5) is 21.8. The summed E-state index contributed by atoms with van der Waals surface area (Å²) in [6.45, 7) is 3.57. The van der Waals surface area contributed by atoms with Gasteiger partial charge in [0.2, 0.25) is 0 Å². The van der Waals surface area contributed by atoms with Crippen molar-refractivity contribution in [1.82, 2.24) is 0 Å². The van der Waals surface area contributed by atoms with Crippen LogP contribution < -0.4 is 0 Å². The SMILES string of the molecule is C=Cc1ccc(C=O)cc1C(=O)OC. The van der Waals surface area contributed by atoms with E-state index >= 15 is 0 Å². The first kappa shape index (κ1) is 10.2. The van der Waals surface area contributed by atoms with Gasteiger partial charge in [-0.05, 0) is 11.6 Å². The Kier molecular flexibility index (Phi) is 3.18. The van der Waals surface area contributed by atoms with Crippen LogP contribution in [0.15, 0.2) is 24.8 Å². The Balaban J connectivity index is 3.27. The fourth-order valence-electron chi connectivity index (χ4n) is 1.11. The standard InChI is InChI=1S/C11H10O3/c1-3-9-5-4-8(7-12)6-10(9)11(13)14-2/h3-7H,1H2,2H3. The van der Waals surface area contributed by atoms with Gasteiger partial charge in [0.1, 0.15) is 6.29 Å². The summed E-state index contributed by atoms with van der Waals surface area (Å²) in [5, 5.41) is 0. The summed E-state index contributed by atoms with van der Waals surface area (Å²) < 4.78 is 4.58. The van der Waals surface area contributed by atoms with E-state index in [9.17, 15) is 9.59 Å². The second-order valence-corrected chi connectivity index (χ2v) is 2.66. The van der Waals surface area contributed by atoms with Crippen LogP contribution in [0.1, 0.15) is 26.3 Å². The van der Waals surface area contributed by atoms with Crippen molar-refractivity contribution in [3.8, 4) is 0 Å². The monoisotopic (exact) mass is 190 g/mol. The number of carbonyl (C=O) groups excluding carboxylic acids is 2. The predicted octanol–water partition coefficient (Wildman–Crippen LogP) is 1.93. The zero-order valence-corrected chi connectivity index (χ0v) is 7.82. The van der Waals surface area contributed by atoms with Gasteiger partial charge < -0.3 is 4.74 Å². The Labute approximate surface area is 82.0 Å². The highest BCUT2D eigenvalue weighted by Crippen LogP contribution is 2.13. The van der Waals surface area contributed by atoms with Gasteiger partial charge in [-0.1, -0.05) is 24.8 Å². The molecule has 0 unspecified atom stereocenters. The smallest absolute Gasteiger partial charge is 0.338 e. The number of aldehydes is 1. The Morgan fingerprint density at radius 1 is 1.50 bits per heavy atom. The zero-order valence-electron chi connectivity index (χ0n) is 7.82. The molecule has 0 spiro atoms. The fraction of sp³-hybridized carbons (Fsp3) is 0.0909. The first-order valence-corrected chi connectivity index (χ1v) is 4.03. The molecule has 0 N–H and O–H groups in total. The molecule has 0 aliphatic carbocycles. The molecule has 0 heterocycles. The molecule has 1 rings (SSSR count). The maximum Gasteiger partial charge on any atom is 0.338 e. The van der Waals surface area contributed by atoms with E-state index in [0.29, 0.717) is 23.0 Å². The second kappa shape index (κ2) is 4.37. The lowest BCUT2D eigenvalue weighted by atomic mass is 10.0. The van der Waals surface area contributed by atoms with Crippen molar-refractivity contribution in [1.29, 1.82) is 0 Å². The Morgan fingerprint density at radius 3 is 2.71 bits per heavy atom. The van der Waals surface area contributed by atoms with Gasteiger partial charge in [-0.25, -0.2) is 4.79 Å². The molecule has 1 aromatic rings. The van der Waals surface area contributed by atoms with Crippen LogP contribution in [0.2, 0.25) is 0 Å². The lowest BCUT2D eigenvalue weighted by molar-refractivity contribution is 0.0600. The van der Waals surface area contributed by atoms with E-state index in [1.807, 2.05) is 0 Å². The first-order valence-electron chi connectivity index (χ1n) is 4.03. The number of hydrogen-bond donors (Lipinski definition) is 0. The minimum atomic E-state index is -0.469. The topological polar surface area (TPSA) is 43.4 Å². The summed E-state index contributed by atoms with van der Waals surface area (Å²) in [6, 6.07) is 4.76. The summed E-state index contributed by atoms with van der Waals surface area (Å²) in [5.74, 6) is -0.469. The van der Waals surface area contributed by atoms with E-state index in [2.05, 4.69) is 11.3 Å². The molecular weight excluding hydrogens is 180 g/mol. The van der Waals surface area contributed by atoms with E-state index in [1.54, 1.807) is 18.2 Å². The number of carbonyl (C=O) groups is 2. The van der Waals surface area contributed by atoms with Crippen molar-refractivity contribution in [2.45, 2.75) is 0 Å². The van der Waals surface area contributed by atoms with Crippen LogP contribution >= 0.6 is 0 Å². The van der Waals surface area contributed by atoms with E-state index < -0.39 is 5.97 Å². The highest BCUT2D eigenvalue weighted by molar-refractivity contribution is 5.95.